The Morgan fingerprint density at radius 1 is 1.00 bits per heavy atom. The fourth-order valence-electron chi connectivity index (χ4n) is 4.62. The third-order valence-electron chi connectivity index (χ3n) is 6.65. The van der Waals surface area contributed by atoms with E-state index in [9.17, 15) is 9.59 Å². The summed E-state index contributed by atoms with van der Waals surface area (Å²) in [6, 6.07) is 25.2. The van der Waals surface area contributed by atoms with Crippen LogP contribution in [0.4, 0.5) is 11.4 Å². The van der Waals surface area contributed by atoms with E-state index >= 15 is 0 Å². The molecule has 4 rings (SSSR count). The Labute approximate surface area is 207 Å². The van der Waals surface area contributed by atoms with Crippen molar-refractivity contribution in [3.63, 3.8) is 0 Å². The summed E-state index contributed by atoms with van der Waals surface area (Å²) in [5.74, 6) is -0.459. The maximum atomic E-state index is 13.8. The summed E-state index contributed by atoms with van der Waals surface area (Å²) >= 11 is 0. The molecule has 0 fully saturated rings. The molecule has 1 unspecified atom stereocenters. The molecule has 1 heterocycles. The topological polar surface area (TPSA) is 78.7 Å². The molecule has 0 aromatic heterocycles. The number of fused-ring (bicyclic) bond motifs is 1. The first-order valence-electron chi connectivity index (χ1n) is 12.2. The number of aryl methyl sites for hydroxylation is 2. The van der Waals surface area contributed by atoms with Crippen LogP contribution < -0.4 is 20.9 Å². The van der Waals surface area contributed by atoms with Crippen LogP contribution in [0.15, 0.2) is 78.9 Å². The van der Waals surface area contributed by atoms with Crippen LogP contribution in [0.25, 0.3) is 0 Å². The molecule has 0 saturated carbocycles. The molecule has 182 valence electrons. The molecule has 3 aromatic rings. The van der Waals surface area contributed by atoms with Crippen molar-refractivity contribution in [2.24, 2.45) is 5.73 Å². The van der Waals surface area contributed by atoms with E-state index in [1.54, 1.807) is 0 Å². The fraction of sp³-hybridized carbons (Fsp3) is 0.310. The minimum Gasteiger partial charge on any atom is -0.378 e. The van der Waals surface area contributed by atoms with Crippen LogP contribution in [0.2, 0.25) is 0 Å². The van der Waals surface area contributed by atoms with Crippen LogP contribution in [-0.4, -0.2) is 38.0 Å². The maximum absolute atomic E-state index is 13.8. The normalized spacial score (nSPS) is 16.3. The second-order valence-electron chi connectivity index (χ2n) is 9.35. The third-order valence-corrected chi connectivity index (χ3v) is 6.65. The number of anilines is 2. The molecule has 0 radical (unpaired) electrons. The molecule has 0 bridgehead atoms. The van der Waals surface area contributed by atoms with Gasteiger partial charge in [0.2, 0.25) is 11.8 Å². The van der Waals surface area contributed by atoms with E-state index in [0.717, 1.165) is 34.5 Å². The summed E-state index contributed by atoms with van der Waals surface area (Å²) < 4.78 is 0. The van der Waals surface area contributed by atoms with E-state index in [-0.39, 0.29) is 5.91 Å². The molecule has 0 saturated heterocycles. The Morgan fingerprint density at radius 3 is 2.37 bits per heavy atom. The van der Waals surface area contributed by atoms with Gasteiger partial charge in [0.15, 0.2) is 0 Å². The largest absolute Gasteiger partial charge is 0.378 e. The molecule has 0 aliphatic carbocycles. The predicted molar refractivity (Wildman–Crippen MR) is 141 cm³/mol. The minimum absolute atomic E-state index is 0.0300. The lowest BCUT2D eigenvalue weighted by Gasteiger charge is -2.28. The number of hydrogen-bond donors (Lipinski definition) is 2. The Balaban J connectivity index is 1.54. The second kappa shape index (κ2) is 11.2. The number of nitrogens with zero attached hydrogens (tertiary/aromatic N) is 2. The van der Waals surface area contributed by atoms with Gasteiger partial charge in [-0.1, -0.05) is 60.7 Å². The molecule has 2 atom stereocenters. The van der Waals surface area contributed by atoms with Crippen molar-refractivity contribution in [1.82, 2.24) is 5.32 Å². The number of hydrogen-bond acceptors (Lipinski definition) is 4. The molecule has 1 aliphatic heterocycles. The van der Waals surface area contributed by atoms with E-state index in [2.05, 4.69) is 40.5 Å². The maximum Gasteiger partial charge on any atom is 0.244 e. The monoisotopic (exact) mass is 470 g/mol. The number of nitrogens with one attached hydrogen (secondary N) is 1. The SMILES string of the molecule is CN(C)c1ccc(CN2C(=O)C(N[C@@H](CCc3ccccc3)C(N)=O)CCc3ccccc32)cc1. The molecule has 3 N–H and O–H groups in total. The zero-order valence-electron chi connectivity index (χ0n) is 20.5. The number of rotatable bonds is 9. The molecule has 6 heteroatoms. The van der Waals surface area contributed by atoms with Crippen molar-refractivity contribution in [3.05, 3.63) is 95.6 Å². The molecule has 6 nitrogen and oxygen atoms in total. The summed E-state index contributed by atoms with van der Waals surface area (Å²) in [6.07, 6.45) is 2.62. The van der Waals surface area contributed by atoms with Crippen LogP contribution in [0, 0.1) is 0 Å². The van der Waals surface area contributed by atoms with E-state index in [4.69, 9.17) is 5.73 Å². The van der Waals surface area contributed by atoms with Gasteiger partial charge in [-0.3, -0.25) is 14.9 Å². The van der Waals surface area contributed by atoms with Crippen LogP contribution in [0.3, 0.4) is 0 Å². The lowest BCUT2D eigenvalue weighted by molar-refractivity contribution is -0.123. The first-order valence-corrected chi connectivity index (χ1v) is 12.2. The summed E-state index contributed by atoms with van der Waals surface area (Å²) in [6.45, 7) is 0.465. The average molecular weight is 471 g/mol. The molecular weight excluding hydrogens is 436 g/mol. The number of amides is 2. The zero-order valence-corrected chi connectivity index (χ0v) is 20.5. The number of carbonyl (C=O) groups excluding carboxylic acids is 2. The highest BCUT2D eigenvalue weighted by atomic mass is 16.2. The lowest BCUT2D eigenvalue weighted by Crippen LogP contribution is -2.53. The summed E-state index contributed by atoms with van der Waals surface area (Å²) in [5, 5.41) is 3.32. The molecule has 1 aliphatic rings. The Morgan fingerprint density at radius 2 is 1.69 bits per heavy atom. The van der Waals surface area contributed by atoms with E-state index in [0.29, 0.717) is 25.8 Å². The smallest absolute Gasteiger partial charge is 0.244 e. The highest BCUT2D eigenvalue weighted by Gasteiger charge is 2.32. The number of primary amides is 1. The van der Waals surface area contributed by atoms with Crippen LogP contribution in [-0.2, 0) is 29.0 Å². The van der Waals surface area contributed by atoms with E-state index < -0.39 is 18.0 Å². The summed E-state index contributed by atoms with van der Waals surface area (Å²) in [5.41, 5.74) is 11.1. The van der Waals surface area contributed by atoms with E-state index in [1.807, 2.05) is 67.5 Å². The van der Waals surface area contributed by atoms with Crippen LogP contribution in [0.1, 0.15) is 29.5 Å². The van der Waals surface area contributed by atoms with Crippen molar-refractivity contribution in [3.8, 4) is 0 Å². The van der Waals surface area contributed by atoms with Crippen LogP contribution in [0.5, 0.6) is 0 Å². The number of nitrogens with two attached hydrogens (primary N) is 1. The van der Waals surface area contributed by atoms with Gasteiger partial charge < -0.3 is 15.5 Å². The molecular formula is C29H34N4O2. The molecule has 2 amide bonds. The van der Waals surface area contributed by atoms with Crippen molar-refractivity contribution >= 4 is 23.2 Å². The molecule has 35 heavy (non-hydrogen) atoms. The van der Waals surface area contributed by atoms with Gasteiger partial charge >= 0.3 is 0 Å². The molecule has 0 spiro atoms. The van der Waals surface area contributed by atoms with E-state index in [1.165, 1.54) is 0 Å². The highest BCUT2D eigenvalue weighted by molar-refractivity contribution is 5.99. The van der Waals surface area contributed by atoms with Gasteiger partial charge in [0.05, 0.1) is 18.6 Å². The number of para-hydroxylation sites is 1. The number of benzene rings is 3. The Bertz CT molecular complexity index is 1140. The fourth-order valence-corrected chi connectivity index (χ4v) is 4.62. The second-order valence-corrected chi connectivity index (χ2v) is 9.35. The van der Waals surface area contributed by atoms with Gasteiger partial charge in [0, 0.05) is 25.5 Å². The predicted octanol–water partition coefficient (Wildman–Crippen LogP) is 3.68. The van der Waals surface area contributed by atoms with Crippen molar-refractivity contribution < 1.29 is 9.59 Å². The standard InChI is InChI=1S/C29H34N4O2/c1-32(2)24-16-12-22(13-17-24)20-33-27-11-7-6-10-23(27)15-19-26(29(33)35)31-25(28(30)34)18-14-21-8-4-3-5-9-21/h3-13,16-17,25-26,31H,14-15,18-20H2,1-2H3,(H2,30,34)/t25-,26?/m0/s1. The van der Waals surface area contributed by atoms with Gasteiger partial charge in [-0.2, -0.15) is 0 Å². The van der Waals surface area contributed by atoms with Gasteiger partial charge in [0.1, 0.15) is 0 Å². The average Bonchev–Trinajstić information content (AvgIpc) is 2.99. The van der Waals surface area contributed by atoms with Gasteiger partial charge in [-0.25, -0.2) is 0 Å². The molecule has 3 aromatic carbocycles. The van der Waals surface area contributed by atoms with Gasteiger partial charge in [-0.15, -0.1) is 0 Å². The third kappa shape index (κ3) is 6.08. The van der Waals surface area contributed by atoms with Crippen molar-refractivity contribution in [1.29, 1.82) is 0 Å². The summed E-state index contributed by atoms with van der Waals surface area (Å²) in [7, 11) is 4.01. The minimum atomic E-state index is -0.577. The van der Waals surface area contributed by atoms with Crippen LogP contribution >= 0.6 is 0 Å². The number of carbonyl (C=O) groups is 2. The Hall–Kier alpha value is -3.64. The van der Waals surface area contributed by atoms with Crippen molar-refractivity contribution in [2.45, 2.75) is 44.3 Å². The first-order chi connectivity index (χ1) is 16.9. The highest BCUT2D eigenvalue weighted by Crippen LogP contribution is 2.29. The Kier molecular flexibility index (Phi) is 7.83. The zero-order chi connectivity index (χ0) is 24.8. The van der Waals surface area contributed by atoms with Gasteiger partial charge in [0.25, 0.3) is 0 Å². The first kappa shape index (κ1) is 24.5. The quantitative estimate of drug-likeness (QED) is 0.500. The van der Waals surface area contributed by atoms with Crippen molar-refractivity contribution in [2.75, 3.05) is 23.9 Å². The lowest BCUT2D eigenvalue weighted by atomic mass is 10.0. The summed E-state index contributed by atoms with van der Waals surface area (Å²) in [4.78, 5) is 30.0. The van der Waals surface area contributed by atoms with Gasteiger partial charge in [-0.05, 0) is 60.6 Å².